The van der Waals surface area contributed by atoms with Crippen LogP contribution in [-0.2, 0) is 4.79 Å². The number of esters is 1. The first-order valence-corrected chi connectivity index (χ1v) is 4.14. The average molecular weight is 189 g/mol. The van der Waals surface area contributed by atoms with Gasteiger partial charge in [-0.25, -0.2) is 9.97 Å². The number of para-hydroxylation sites is 1. The van der Waals surface area contributed by atoms with Crippen LogP contribution in [0.4, 0.5) is 0 Å². The van der Waals surface area contributed by atoms with Crippen molar-refractivity contribution in [1.29, 1.82) is 0 Å². The fourth-order valence-electron chi connectivity index (χ4n) is 1.22. The van der Waals surface area contributed by atoms with Crippen molar-refractivity contribution < 1.29 is 11.0 Å². The number of ether oxygens (including phenoxy) is 1. The molecule has 0 aliphatic heterocycles. The lowest BCUT2D eigenvalue weighted by Gasteiger charge is -2.03. The van der Waals surface area contributed by atoms with Gasteiger partial charge in [0, 0.05) is 18.5 Å². The number of nitrogens with zero attached hydrogens (tertiary/aromatic N) is 2. The molecular weight excluding hydrogens is 180 g/mol. The third-order valence-electron chi connectivity index (χ3n) is 1.75. The van der Waals surface area contributed by atoms with Crippen LogP contribution in [0.15, 0.2) is 30.7 Å². The second-order valence-electron chi connectivity index (χ2n) is 2.81. The van der Waals surface area contributed by atoms with E-state index in [1.54, 1.807) is 18.3 Å². The molecule has 1 aromatic carbocycles. The molecule has 70 valence electrons. The number of fused-ring (bicyclic) bond motifs is 1. The first-order chi connectivity index (χ1) is 6.77. The Morgan fingerprint density at radius 3 is 3.14 bits per heavy atom. The molecule has 4 nitrogen and oxygen atoms in total. The molecular formula is C10H9N2O2+. The molecule has 0 radical (unpaired) electrons. The summed E-state index contributed by atoms with van der Waals surface area (Å²) in [5.41, 5.74) is 0.651. The third kappa shape index (κ3) is 1.54. The maximum Gasteiger partial charge on any atom is 1.00 e. The van der Waals surface area contributed by atoms with Crippen molar-refractivity contribution in [3.8, 4) is 5.75 Å². The van der Waals surface area contributed by atoms with Crippen LogP contribution in [0.3, 0.4) is 0 Å². The molecule has 1 heterocycles. The van der Waals surface area contributed by atoms with E-state index in [4.69, 9.17) is 4.74 Å². The molecule has 0 atom stereocenters. The molecule has 0 saturated heterocycles. The van der Waals surface area contributed by atoms with Crippen molar-refractivity contribution in [3.63, 3.8) is 0 Å². The highest BCUT2D eigenvalue weighted by Crippen LogP contribution is 2.22. The van der Waals surface area contributed by atoms with Crippen LogP contribution in [0.5, 0.6) is 5.75 Å². The fourth-order valence-corrected chi connectivity index (χ4v) is 1.22. The molecule has 0 N–H and O–H groups in total. The van der Waals surface area contributed by atoms with Gasteiger partial charge in [-0.2, -0.15) is 0 Å². The highest BCUT2D eigenvalue weighted by Gasteiger charge is 2.04. The van der Waals surface area contributed by atoms with Gasteiger partial charge in [-0.05, 0) is 6.07 Å². The summed E-state index contributed by atoms with van der Waals surface area (Å²) in [6, 6.07) is 5.36. The van der Waals surface area contributed by atoms with Gasteiger partial charge in [0.05, 0.1) is 0 Å². The van der Waals surface area contributed by atoms with Gasteiger partial charge in [0.25, 0.3) is 0 Å². The summed E-state index contributed by atoms with van der Waals surface area (Å²) in [6.07, 6.45) is 3.10. The number of carbonyl (C=O) groups excluding carboxylic acids is 1. The summed E-state index contributed by atoms with van der Waals surface area (Å²) in [6.45, 7) is 1.36. The Morgan fingerprint density at radius 1 is 1.50 bits per heavy atom. The Morgan fingerprint density at radius 2 is 2.36 bits per heavy atom. The topological polar surface area (TPSA) is 52.1 Å². The molecule has 4 heteroatoms. The second kappa shape index (κ2) is 3.41. The van der Waals surface area contributed by atoms with Crippen LogP contribution in [-0.4, -0.2) is 15.9 Å². The molecule has 0 bridgehead atoms. The van der Waals surface area contributed by atoms with Crippen LogP contribution >= 0.6 is 0 Å². The summed E-state index contributed by atoms with van der Waals surface area (Å²) in [4.78, 5) is 18.7. The standard InChI is InChI=1S/C10H8N2O2/c1-7(13)14-9-4-2-3-8-5-11-6-12-10(8)9/h2-6H,1H3/p+1. The Labute approximate surface area is 82.0 Å². The molecule has 2 aromatic rings. The number of benzene rings is 1. The van der Waals surface area contributed by atoms with E-state index >= 15 is 0 Å². The Kier molecular flexibility index (Phi) is 2.10. The van der Waals surface area contributed by atoms with Gasteiger partial charge >= 0.3 is 7.40 Å². The zero-order valence-electron chi connectivity index (χ0n) is 8.60. The average Bonchev–Trinajstić information content (AvgIpc) is 2.18. The van der Waals surface area contributed by atoms with Crippen LogP contribution < -0.4 is 4.74 Å². The quantitative estimate of drug-likeness (QED) is 0.505. The molecule has 1 aromatic heterocycles. The van der Waals surface area contributed by atoms with Gasteiger partial charge in [0.15, 0.2) is 5.75 Å². The lowest BCUT2D eigenvalue weighted by atomic mass is 10.2. The largest absolute Gasteiger partial charge is 1.00 e. The first kappa shape index (κ1) is 8.62. The molecule has 0 spiro atoms. The summed E-state index contributed by atoms with van der Waals surface area (Å²) < 4.78 is 5.00. The SMILES string of the molecule is CC(=O)Oc1cccc2cncnc12.[H+]. The van der Waals surface area contributed by atoms with E-state index in [2.05, 4.69) is 9.97 Å². The van der Waals surface area contributed by atoms with E-state index in [9.17, 15) is 4.79 Å². The van der Waals surface area contributed by atoms with Crippen molar-refractivity contribution in [3.05, 3.63) is 30.7 Å². The van der Waals surface area contributed by atoms with Crippen molar-refractivity contribution in [2.75, 3.05) is 0 Å². The zero-order valence-corrected chi connectivity index (χ0v) is 7.60. The minimum atomic E-state index is -0.351. The van der Waals surface area contributed by atoms with Crippen LogP contribution in [0.25, 0.3) is 10.9 Å². The van der Waals surface area contributed by atoms with Gasteiger partial charge in [-0.3, -0.25) is 4.79 Å². The molecule has 0 aliphatic carbocycles. The Hall–Kier alpha value is -1.97. The van der Waals surface area contributed by atoms with Crippen molar-refractivity contribution in [1.82, 2.24) is 9.97 Å². The number of hydrogen-bond donors (Lipinski definition) is 0. The van der Waals surface area contributed by atoms with Crippen molar-refractivity contribution >= 4 is 16.9 Å². The van der Waals surface area contributed by atoms with Crippen molar-refractivity contribution in [2.45, 2.75) is 6.92 Å². The molecule has 0 amide bonds. The van der Waals surface area contributed by atoms with Crippen molar-refractivity contribution in [2.24, 2.45) is 0 Å². The monoisotopic (exact) mass is 189 g/mol. The highest BCUT2D eigenvalue weighted by molar-refractivity contribution is 5.85. The highest BCUT2D eigenvalue weighted by atomic mass is 16.5. The summed E-state index contributed by atoms with van der Waals surface area (Å²) in [5, 5.41) is 0.853. The fraction of sp³-hybridized carbons (Fsp3) is 0.100. The molecule has 0 saturated carbocycles. The Bertz CT molecular complexity index is 482. The van der Waals surface area contributed by atoms with E-state index < -0.39 is 0 Å². The summed E-state index contributed by atoms with van der Waals surface area (Å²) >= 11 is 0. The predicted molar refractivity (Wildman–Crippen MR) is 52.0 cm³/mol. The van der Waals surface area contributed by atoms with Gasteiger partial charge in [-0.1, -0.05) is 12.1 Å². The normalized spacial score (nSPS) is 10.1. The maximum atomic E-state index is 10.8. The number of carbonyl (C=O) groups is 1. The lowest BCUT2D eigenvalue weighted by Crippen LogP contribution is -2.02. The molecule has 2 rings (SSSR count). The molecule has 0 aliphatic rings. The summed E-state index contributed by atoms with van der Waals surface area (Å²) in [5.74, 6) is 0.119. The molecule has 0 unspecified atom stereocenters. The van der Waals surface area contributed by atoms with E-state index in [0.29, 0.717) is 11.3 Å². The minimum Gasteiger partial charge on any atom is -0.424 e. The van der Waals surface area contributed by atoms with E-state index in [1.165, 1.54) is 13.3 Å². The minimum absolute atomic E-state index is 0. The van der Waals surface area contributed by atoms with Gasteiger partial charge in [0.2, 0.25) is 0 Å². The van der Waals surface area contributed by atoms with Gasteiger partial charge in [0.1, 0.15) is 11.8 Å². The van der Waals surface area contributed by atoms with Gasteiger partial charge in [-0.15, -0.1) is 0 Å². The number of hydrogen-bond acceptors (Lipinski definition) is 4. The smallest absolute Gasteiger partial charge is 0.424 e. The first-order valence-electron chi connectivity index (χ1n) is 4.14. The lowest BCUT2D eigenvalue weighted by molar-refractivity contribution is -0.131. The van der Waals surface area contributed by atoms with Crippen LogP contribution in [0.2, 0.25) is 0 Å². The summed E-state index contributed by atoms with van der Waals surface area (Å²) in [7, 11) is 0. The predicted octanol–water partition coefficient (Wildman–Crippen LogP) is 1.67. The van der Waals surface area contributed by atoms with E-state index in [1.807, 2.05) is 6.07 Å². The van der Waals surface area contributed by atoms with Crippen LogP contribution in [0, 0.1) is 0 Å². The van der Waals surface area contributed by atoms with Crippen LogP contribution in [0.1, 0.15) is 8.35 Å². The second-order valence-corrected chi connectivity index (χ2v) is 2.81. The van der Waals surface area contributed by atoms with Gasteiger partial charge < -0.3 is 4.74 Å². The third-order valence-corrected chi connectivity index (χ3v) is 1.75. The zero-order chi connectivity index (χ0) is 9.97. The molecule has 14 heavy (non-hydrogen) atoms. The number of rotatable bonds is 1. The molecule has 0 fully saturated rings. The number of aromatic nitrogens is 2. The Balaban J connectivity index is 0.00000112. The maximum absolute atomic E-state index is 10.8. The van der Waals surface area contributed by atoms with E-state index in [0.717, 1.165) is 5.39 Å². The van der Waals surface area contributed by atoms with E-state index in [-0.39, 0.29) is 7.40 Å².